The van der Waals surface area contributed by atoms with Crippen molar-refractivity contribution < 1.29 is 4.79 Å². The molecule has 2 bridgehead atoms. The van der Waals surface area contributed by atoms with Gasteiger partial charge in [-0.3, -0.25) is 9.69 Å². The third-order valence-corrected chi connectivity index (χ3v) is 7.01. The van der Waals surface area contributed by atoms with Crippen LogP contribution in [0, 0.1) is 17.8 Å². The largest absolute Gasteiger partial charge is 0.337 e. The minimum atomic E-state index is 0. The molecule has 28 heavy (non-hydrogen) atoms. The van der Waals surface area contributed by atoms with E-state index in [0.29, 0.717) is 29.8 Å². The summed E-state index contributed by atoms with van der Waals surface area (Å²) in [6.07, 6.45) is 5.79. The zero-order valence-electron chi connectivity index (χ0n) is 16.8. The molecule has 1 aromatic rings. The van der Waals surface area contributed by atoms with Crippen molar-refractivity contribution in [3.63, 3.8) is 0 Å². The first-order valence-electron chi connectivity index (χ1n) is 10.4. The highest BCUT2D eigenvalue weighted by molar-refractivity contribution is 5.85. The van der Waals surface area contributed by atoms with Crippen molar-refractivity contribution >= 4 is 30.7 Å². The second kappa shape index (κ2) is 10.3. The number of carbonyl (C=O) groups excluding carboxylic acids is 1. The molecule has 0 radical (unpaired) electrons. The number of hydrogen-bond acceptors (Lipinski definition) is 3. The molecule has 1 aromatic carbocycles. The number of halogens is 2. The van der Waals surface area contributed by atoms with Gasteiger partial charge in [0.2, 0.25) is 5.91 Å². The number of carbonyl (C=O) groups is 1. The highest BCUT2D eigenvalue weighted by Gasteiger charge is 2.42. The number of nitrogens with two attached hydrogens (primary N) is 1. The molecule has 3 aliphatic rings. The van der Waals surface area contributed by atoms with E-state index in [2.05, 4.69) is 47.1 Å². The molecule has 1 amide bonds. The van der Waals surface area contributed by atoms with Crippen LogP contribution in [0.25, 0.3) is 0 Å². The Morgan fingerprint density at radius 2 is 1.71 bits per heavy atom. The molecule has 4 nitrogen and oxygen atoms in total. The van der Waals surface area contributed by atoms with Gasteiger partial charge in [-0.2, -0.15) is 0 Å². The highest BCUT2D eigenvalue weighted by Crippen LogP contribution is 2.42. The van der Waals surface area contributed by atoms with Crippen LogP contribution in [0.1, 0.15) is 44.6 Å². The van der Waals surface area contributed by atoms with E-state index in [1.807, 2.05) is 0 Å². The maximum atomic E-state index is 13.2. The topological polar surface area (TPSA) is 49.6 Å². The Morgan fingerprint density at radius 3 is 2.32 bits per heavy atom. The first-order chi connectivity index (χ1) is 12.6. The van der Waals surface area contributed by atoms with Gasteiger partial charge in [0.15, 0.2) is 0 Å². The number of hydrogen-bond donors (Lipinski definition) is 1. The van der Waals surface area contributed by atoms with Crippen molar-refractivity contribution in [2.45, 2.75) is 57.7 Å². The monoisotopic (exact) mass is 427 g/mol. The molecule has 3 unspecified atom stereocenters. The number of nitrogens with zero attached hydrogens (tertiary/aromatic N) is 2. The fourth-order valence-electron chi connectivity index (χ4n) is 5.57. The van der Waals surface area contributed by atoms with E-state index in [1.54, 1.807) is 0 Å². The predicted octanol–water partition coefficient (Wildman–Crippen LogP) is 3.72. The van der Waals surface area contributed by atoms with Crippen molar-refractivity contribution in [1.29, 1.82) is 0 Å². The Bertz CT molecular complexity index is 615. The first-order valence-corrected chi connectivity index (χ1v) is 10.4. The van der Waals surface area contributed by atoms with Crippen molar-refractivity contribution in [2.75, 3.05) is 19.6 Å². The van der Waals surface area contributed by atoms with Crippen LogP contribution >= 0.6 is 24.8 Å². The molecule has 2 saturated carbocycles. The van der Waals surface area contributed by atoms with Crippen LogP contribution in [0.3, 0.4) is 0 Å². The molecule has 3 fully saturated rings. The summed E-state index contributed by atoms with van der Waals surface area (Å²) < 4.78 is 0. The molecule has 0 spiro atoms. The van der Waals surface area contributed by atoms with Gasteiger partial charge in [-0.25, -0.2) is 0 Å². The predicted molar refractivity (Wildman–Crippen MR) is 119 cm³/mol. The van der Waals surface area contributed by atoms with Gasteiger partial charge in [0.1, 0.15) is 0 Å². The first kappa shape index (κ1) is 23.5. The van der Waals surface area contributed by atoms with E-state index in [-0.39, 0.29) is 30.7 Å². The smallest absolute Gasteiger partial charge is 0.226 e. The summed E-state index contributed by atoms with van der Waals surface area (Å²) in [7, 11) is 0. The van der Waals surface area contributed by atoms with Gasteiger partial charge in [-0.05, 0) is 50.0 Å². The number of rotatable bonds is 3. The number of piperazine rings is 1. The van der Waals surface area contributed by atoms with Crippen LogP contribution in [0.15, 0.2) is 30.3 Å². The van der Waals surface area contributed by atoms with Gasteiger partial charge in [0, 0.05) is 44.2 Å². The van der Waals surface area contributed by atoms with Crippen LogP contribution in [0.5, 0.6) is 0 Å². The molecule has 158 valence electrons. The zero-order valence-corrected chi connectivity index (χ0v) is 18.5. The molecule has 4 rings (SSSR count). The molecule has 6 heteroatoms. The number of benzene rings is 1. The maximum absolute atomic E-state index is 13.2. The quantitative estimate of drug-likeness (QED) is 0.799. The summed E-state index contributed by atoms with van der Waals surface area (Å²) >= 11 is 0. The van der Waals surface area contributed by atoms with E-state index in [1.165, 1.54) is 24.8 Å². The van der Waals surface area contributed by atoms with Crippen LogP contribution < -0.4 is 5.73 Å². The fraction of sp³-hybridized carbons (Fsp3) is 0.682. The zero-order chi connectivity index (χ0) is 18.1. The third-order valence-electron chi connectivity index (χ3n) is 7.01. The van der Waals surface area contributed by atoms with E-state index >= 15 is 0 Å². The molecule has 1 heterocycles. The second-order valence-corrected chi connectivity index (χ2v) is 8.80. The Hall–Kier alpha value is -0.810. The van der Waals surface area contributed by atoms with Gasteiger partial charge in [0.25, 0.3) is 0 Å². The van der Waals surface area contributed by atoms with Crippen molar-refractivity contribution in [2.24, 2.45) is 23.5 Å². The second-order valence-electron chi connectivity index (χ2n) is 8.80. The highest BCUT2D eigenvalue weighted by atomic mass is 35.5. The minimum absolute atomic E-state index is 0. The van der Waals surface area contributed by atoms with Gasteiger partial charge in [-0.1, -0.05) is 36.8 Å². The fourth-order valence-corrected chi connectivity index (χ4v) is 5.57. The van der Waals surface area contributed by atoms with Crippen LogP contribution in [0.2, 0.25) is 0 Å². The lowest BCUT2D eigenvalue weighted by Crippen LogP contribution is -2.57. The Balaban J connectivity index is 0.00000140. The van der Waals surface area contributed by atoms with Crippen LogP contribution in [-0.4, -0.2) is 47.4 Å². The molecule has 3 atom stereocenters. The van der Waals surface area contributed by atoms with Gasteiger partial charge in [-0.15, -0.1) is 24.8 Å². The SMILES string of the molecule is CC1CN(Cc2ccccc2)CCN1C(=O)C1CC2CCCC(C1)C2N.Cl.Cl. The molecule has 1 aliphatic heterocycles. The molecule has 2 aliphatic carbocycles. The standard InChI is InChI=1S/C22H33N3O.2ClH/c1-16-14-24(15-17-6-3-2-4-7-17)10-11-25(16)22(26)20-12-18-8-5-9-19(13-20)21(18)23;;/h2-4,6-7,16,18-21H,5,8-15,23H2,1H3;2*1H. The average Bonchev–Trinajstić information content (AvgIpc) is 2.62. The van der Waals surface area contributed by atoms with Crippen molar-refractivity contribution in [1.82, 2.24) is 9.80 Å². The number of fused-ring (bicyclic) bond motifs is 2. The Morgan fingerprint density at radius 1 is 1.07 bits per heavy atom. The summed E-state index contributed by atoms with van der Waals surface area (Å²) in [5.74, 6) is 1.77. The van der Waals surface area contributed by atoms with E-state index < -0.39 is 0 Å². The third kappa shape index (κ3) is 5.02. The molecule has 1 saturated heterocycles. The Kier molecular flexibility index (Phi) is 8.62. The normalized spacial score (nSPS) is 32.8. The van der Waals surface area contributed by atoms with Crippen molar-refractivity contribution in [3.05, 3.63) is 35.9 Å². The molecule has 2 N–H and O–H groups in total. The number of amides is 1. The summed E-state index contributed by atoms with van der Waals surface area (Å²) in [6.45, 7) is 6.01. The van der Waals surface area contributed by atoms with Crippen LogP contribution in [-0.2, 0) is 11.3 Å². The lowest BCUT2D eigenvalue weighted by atomic mass is 9.65. The Labute approximate surface area is 182 Å². The van der Waals surface area contributed by atoms with E-state index in [0.717, 1.165) is 39.0 Å². The van der Waals surface area contributed by atoms with E-state index in [9.17, 15) is 4.79 Å². The molecular weight excluding hydrogens is 393 g/mol. The maximum Gasteiger partial charge on any atom is 0.226 e. The van der Waals surface area contributed by atoms with Gasteiger partial charge in [0.05, 0.1) is 0 Å². The van der Waals surface area contributed by atoms with E-state index in [4.69, 9.17) is 5.73 Å². The minimum Gasteiger partial charge on any atom is -0.337 e. The van der Waals surface area contributed by atoms with Crippen LogP contribution in [0.4, 0.5) is 0 Å². The van der Waals surface area contributed by atoms with Gasteiger partial charge >= 0.3 is 0 Å². The molecule has 0 aromatic heterocycles. The summed E-state index contributed by atoms with van der Waals surface area (Å²) in [4.78, 5) is 17.9. The average molecular weight is 428 g/mol. The lowest BCUT2D eigenvalue weighted by Gasteiger charge is -2.46. The lowest BCUT2D eigenvalue weighted by molar-refractivity contribution is -0.143. The van der Waals surface area contributed by atoms with Gasteiger partial charge < -0.3 is 10.6 Å². The summed E-state index contributed by atoms with van der Waals surface area (Å²) in [5.41, 5.74) is 7.77. The molecular formula is C22H35Cl2N3O. The summed E-state index contributed by atoms with van der Waals surface area (Å²) in [5, 5.41) is 0. The van der Waals surface area contributed by atoms with Crippen molar-refractivity contribution in [3.8, 4) is 0 Å². The summed E-state index contributed by atoms with van der Waals surface area (Å²) in [6, 6.07) is 11.3.